The third-order valence-electron chi connectivity index (χ3n) is 2.58. The standard InChI is InChI=1S/C13H18N4O/c1-4-14-9-11-6-5-7-15-13(11)18-12-8-10(2)16-17(12)3/h5-8,14H,4,9H2,1-3H3. The summed E-state index contributed by atoms with van der Waals surface area (Å²) in [5, 5.41) is 7.52. The summed E-state index contributed by atoms with van der Waals surface area (Å²) in [6.07, 6.45) is 1.73. The minimum atomic E-state index is 0.626. The van der Waals surface area contributed by atoms with Crippen molar-refractivity contribution in [3.8, 4) is 11.8 Å². The van der Waals surface area contributed by atoms with E-state index in [1.165, 1.54) is 0 Å². The van der Waals surface area contributed by atoms with E-state index in [1.54, 1.807) is 10.9 Å². The normalized spacial score (nSPS) is 10.6. The number of pyridine rings is 1. The molecule has 0 bridgehead atoms. The first-order valence-electron chi connectivity index (χ1n) is 6.03. The Morgan fingerprint density at radius 3 is 2.94 bits per heavy atom. The number of nitrogens with zero attached hydrogens (tertiary/aromatic N) is 3. The van der Waals surface area contributed by atoms with E-state index in [4.69, 9.17) is 4.74 Å². The number of aromatic nitrogens is 3. The second-order valence-electron chi connectivity index (χ2n) is 4.10. The van der Waals surface area contributed by atoms with Gasteiger partial charge >= 0.3 is 0 Å². The van der Waals surface area contributed by atoms with Crippen LogP contribution in [0, 0.1) is 6.92 Å². The van der Waals surface area contributed by atoms with E-state index in [0.29, 0.717) is 11.8 Å². The topological polar surface area (TPSA) is 52.0 Å². The quantitative estimate of drug-likeness (QED) is 0.877. The SMILES string of the molecule is CCNCc1cccnc1Oc1cc(C)nn1C. The molecule has 0 unspecified atom stereocenters. The van der Waals surface area contributed by atoms with Gasteiger partial charge in [-0.05, 0) is 19.5 Å². The van der Waals surface area contributed by atoms with Gasteiger partial charge in [-0.1, -0.05) is 13.0 Å². The Morgan fingerprint density at radius 1 is 1.44 bits per heavy atom. The molecule has 0 amide bonds. The average Bonchev–Trinajstić information content (AvgIpc) is 2.67. The summed E-state index contributed by atoms with van der Waals surface area (Å²) >= 11 is 0. The molecule has 0 atom stereocenters. The largest absolute Gasteiger partial charge is 0.421 e. The Morgan fingerprint density at radius 2 is 2.28 bits per heavy atom. The number of nitrogens with one attached hydrogen (secondary N) is 1. The van der Waals surface area contributed by atoms with Crippen molar-refractivity contribution in [1.29, 1.82) is 0 Å². The highest BCUT2D eigenvalue weighted by Gasteiger charge is 2.09. The second kappa shape index (κ2) is 5.64. The Balaban J connectivity index is 2.20. The van der Waals surface area contributed by atoms with Gasteiger partial charge in [-0.25, -0.2) is 9.67 Å². The Kier molecular flexibility index (Phi) is 3.94. The first-order chi connectivity index (χ1) is 8.70. The van der Waals surface area contributed by atoms with Crippen LogP contribution in [0.2, 0.25) is 0 Å². The number of ether oxygens (including phenoxy) is 1. The number of rotatable bonds is 5. The van der Waals surface area contributed by atoms with Gasteiger partial charge in [0.1, 0.15) is 0 Å². The minimum absolute atomic E-state index is 0.626. The summed E-state index contributed by atoms with van der Waals surface area (Å²) in [5.74, 6) is 1.32. The summed E-state index contributed by atoms with van der Waals surface area (Å²) in [6, 6.07) is 5.81. The lowest BCUT2D eigenvalue weighted by Crippen LogP contribution is -2.13. The Labute approximate surface area is 107 Å². The summed E-state index contributed by atoms with van der Waals surface area (Å²) in [6.45, 7) is 5.67. The zero-order valence-electron chi connectivity index (χ0n) is 11.0. The van der Waals surface area contributed by atoms with Gasteiger partial charge in [0.2, 0.25) is 11.8 Å². The molecule has 0 aliphatic carbocycles. The van der Waals surface area contributed by atoms with Crippen molar-refractivity contribution in [3.63, 3.8) is 0 Å². The smallest absolute Gasteiger partial charge is 0.225 e. The zero-order chi connectivity index (χ0) is 13.0. The molecule has 0 saturated carbocycles. The van der Waals surface area contributed by atoms with Crippen LogP contribution in [0.4, 0.5) is 0 Å². The molecule has 0 spiro atoms. The maximum atomic E-state index is 5.81. The van der Waals surface area contributed by atoms with Crippen molar-refractivity contribution >= 4 is 0 Å². The monoisotopic (exact) mass is 246 g/mol. The molecule has 5 heteroatoms. The van der Waals surface area contributed by atoms with Crippen LogP contribution in [-0.2, 0) is 13.6 Å². The Bertz CT molecular complexity index is 521. The summed E-state index contributed by atoms with van der Waals surface area (Å²) in [5.41, 5.74) is 1.97. The molecule has 2 heterocycles. The number of hydrogen-bond donors (Lipinski definition) is 1. The van der Waals surface area contributed by atoms with Crippen molar-refractivity contribution in [1.82, 2.24) is 20.1 Å². The van der Waals surface area contributed by atoms with Crippen LogP contribution in [0.1, 0.15) is 18.2 Å². The fourth-order valence-corrected chi connectivity index (χ4v) is 1.69. The van der Waals surface area contributed by atoms with E-state index in [0.717, 1.165) is 24.3 Å². The molecule has 5 nitrogen and oxygen atoms in total. The first kappa shape index (κ1) is 12.6. The highest BCUT2D eigenvalue weighted by Crippen LogP contribution is 2.22. The van der Waals surface area contributed by atoms with Crippen LogP contribution in [0.3, 0.4) is 0 Å². The molecule has 1 N–H and O–H groups in total. The summed E-state index contributed by atoms with van der Waals surface area (Å²) in [4.78, 5) is 4.27. The summed E-state index contributed by atoms with van der Waals surface area (Å²) < 4.78 is 7.52. The highest BCUT2D eigenvalue weighted by molar-refractivity contribution is 5.29. The van der Waals surface area contributed by atoms with Crippen molar-refractivity contribution < 1.29 is 4.74 Å². The molecule has 2 rings (SSSR count). The van der Waals surface area contributed by atoms with Gasteiger partial charge < -0.3 is 10.1 Å². The molecular formula is C13H18N4O. The lowest BCUT2D eigenvalue weighted by molar-refractivity contribution is 0.409. The third-order valence-corrected chi connectivity index (χ3v) is 2.58. The fourth-order valence-electron chi connectivity index (χ4n) is 1.69. The van der Waals surface area contributed by atoms with Gasteiger partial charge in [-0.3, -0.25) is 0 Å². The first-order valence-corrected chi connectivity index (χ1v) is 6.03. The van der Waals surface area contributed by atoms with Gasteiger partial charge in [-0.15, -0.1) is 0 Å². The van der Waals surface area contributed by atoms with Crippen LogP contribution < -0.4 is 10.1 Å². The van der Waals surface area contributed by atoms with Gasteiger partial charge in [0.25, 0.3) is 0 Å². The fraction of sp³-hybridized carbons (Fsp3) is 0.385. The molecule has 2 aromatic rings. The van der Waals surface area contributed by atoms with E-state index in [1.807, 2.05) is 32.2 Å². The predicted molar refractivity (Wildman–Crippen MR) is 69.6 cm³/mol. The molecule has 18 heavy (non-hydrogen) atoms. The molecule has 0 aliphatic rings. The molecule has 0 fully saturated rings. The average molecular weight is 246 g/mol. The highest BCUT2D eigenvalue weighted by atomic mass is 16.5. The minimum Gasteiger partial charge on any atom is -0.421 e. The van der Waals surface area contributed by atoms with Crippen LogP contribution in [0.15, 0.2) is 24.4 Å². The van der Waals surface area contributed by atoms with E-state index in [-0.39, 0.29) is 0 Å². The maximum absolute atomic E-state index is 5.81. The lowest BCUT2D eigenvalue weighted by Gasteiger charge is -2.09. The van der Waals surface area contributed by atoms with E-state index < -0.39 is 0 Å². The van der Waals surface area contributed by atoms with Crippen molar-refractivity contribution in [2.75, 3.05) is 6.54 Å². The van der Waals surface area contributed by atoms with Crippen LogP contribution in [0.5, 0.6) is 11.8 Å². The molecular weight excluding hydrogens is 228 g/mol. The van der Waals surface area contributed by atoms with Crippen LogP contribution >= 0.6 is 0 Å². The predicted octanol–water partition coefficient (Wildman–Crippen LogP) is 2.03. The molecule has 0 radical (unpaired) electrons. The van der Waals surface area contributed by atoms with E-state index >= 15 is 0 Å². The summed E-state index contributed by atoms with van der Waals surface area (Å²) in [7, 11) is 1.86. The van der Waals surface area contributed by atoms with Gasteiger partial charge in [0.05, 0.1) is 5.69 Å². The van der Waals surface area contributed by atoms with Gasteiger partial charge in [-0.2, -0.15) is 5.10 Å². The zero-order valence-corrected chi connectivity index (χ0v) is 11.0. The lowest BCUT2D eigenvalue weighted by atomic mass is 10.2. The van der Waals surface area contributed by atoms with Crippen molar-refractivity contribution in [3.05, 3.63) is 35.7 Å². The Hall–Kier alpha value is -1.88. The second-order valence-corrected chi connectivity index (χ2v) is 4.10. The maximum Gasteiger partial charge on any atom is 0.225 e. The van der Waals surface area contributed by atoms with Gasteiger partial charge in [0.15, 0.2) is 0 Å². The molecule has 0 aliphatic heterocycles. The van der Waals surface area contributed by atoms with Crippen molar-refractivity contribution in [2.24, 2.45) is 7.05 Å². The number of aryl methyl sites for hydroxylation is 2. The number of hydrogen-bond acceptors (Lipinski definition) is 4. The molecule has 0 saturated heterocycles. The molecule has 0 aromatic carbocycles. The van der Waals surface area contributed by atoms with Crippen LogP contribution in [0.25, 0.3) is 0 Å². The molecule has 2 aromatic heterocycles. The van der Waals surface area contributed by atoms with Crippen LogP contribution in [-0.4, -0.2) is 21.3 Å². The van der Waals surface area contributed by atoms with E-state index in [9.17, 15) is 0 Å². The van der Waals surface area contributed by atoms with Crippen molar-refractivity contribution in [2.45, 2.75) is 20.4 Å². The van der Waals surface area contributed by atoms with E-state index in [2.05, 4.69) is 22.3 Å². The third kappa shape index (κ3) is 2.87. The molecule has 96 valence electrons. The van der Waals surface area contributed by atoms with Gasteiger partial charge in [0, 0.05) is 31.4 Å².